The first kappa shape index (κ1) is 11.4. The SMILES string of the molecule is CC1CC(NCC2(C)CCCC2)CN1C. The summed E-state index contributed by atoms with van der Waals surface area (Å²) >= 11 is 0. The van der Waals surface area contributed by atoms with E-state index in [1.54, 1.807) is 0 Å². The van der Waals surface area contributed by atoms with Crippen molar-refractivity contribution in [2.45, 2.75) is 58.0 Å². The molecule has 2 nitrogen and oxygen atoms in total. The second-order valence-electron chi connectivity index (χ2n) is 6.12. The first-order chi connectivity index (χ1) is 7.09. The molecule has 2 fully saturated rings. The first-order valence-electron chi connectivity index (χ1n) is 6.53. The molecule has 2 aliphatic rings. The number of nitrogens with one attached hydrogen (secondary N) is 1. The second-order valence-corrected chi connectivity index (χ2v) is 6.12. The number of rotatable bonds is 3. The molecule has 1 saturated heterocycles. The molecule has 0 aromatic heterocycles. The maximum Gasteiger partial charge on any atom is 0.0210 e. The van der Waals surface area contributed by atoms with Crippen molar-refractivity contribution in [2.75, 3.05) is 20.1 Å². The molecule has 1 heterocycles. The fraction of sp³-hybridized carbons (Fsp3) is 1.00. The van der Waals surface area contributed by atoms with Crippen molar-refractivity contribution in [1.82, 2.24) is 10.2 Å². The molecule has 0 spiro atoms. The maximum atomic E-state index is 3.78. The van der Waals surface area contributed by atoms with Gasteiger partial charge in [-0.05, 0) is 38.6 Å². The topological polar surface area (TPSA) is 15.3 Å². The molecule has 2 atom stereocenters. The van der Waals surface area contributed by atoms with Gasteiger partial charge >= 0.3 is 0 Å². The van der Waals surface area contributed by atoms with Gasteiger partial charge in [-0.1, -0.05) is 19.8 Å². The van der Waals surface area contributed by atoms with Gasteiger partial charge in [-0.25, -0.2) is 0 Å². The van der Waals surface area contributed by atoms with Gasteiger partial charge in [-0.3, -0.25) is 0 Å². The molecule has 2 heteroatoms. The fourth-order valence-electron chi connectivity index (χ4n) is 3.14. The summed E-state index contributed by atoms with van der Waals surface area (Å²) in [4.78, 5) is 2.47. The molecule has 1 N–H and O–H groups in total. The van der Waals surface area contributed by atoms with Crippen LogP contribution in [0, 0.1) is 5.41 Å². The normalized spacial score (nSPS) is 36.2. The number of likely N-dealkylation sites (tertiary alicyclic amines) is 1. The minimum absolute atomic E-state index is 0.602. The van der Waals surface area contributed by atoms with Gasteiger partial charge in [-0.15, -0.1) is 0 Å². The van der Waals surface area contributed by atoms with Crippen molar-refractivity contribution in [3.05, 3.63) is 0 Å². The summed E-state index contributed by atoms with van der Waals surface area (Å²) in [6.45, 7) is 7.25. The van der Waals surface area contributed by atoms with Crippen LogP contribution in [0.15, 0.2) is 0 Å². The quantitative estimate of drug-likeness (QED) is 0.768. The standard InChI is InChI=1S/C13H26N2/c1-11-8-12(9-15(11)3)14-10-13(2)6-4-5-7-13/h11-12,14H,4-10H2,1-3H3. The molecule has 0 bridgehead atoms. The van der Waals surface area contributed by atoms with E-state index in [-0.39, 0.29) is 0 Å². The zero-order valence-corrected chi connectivity index (χ0v) is 10.6. The van der Waals surface area contributed by atoms with E-state index in [1.165, 1.54) is 45.2 Å². The van der Waals surface area contributed by atoms with E-state index in [9.17, 15) is 0 Å². The lowest BCUT2D eigenvalue weighted by Crippen LogP contribution is -2.38. The Labute approximate surface area is 94.4 Å². The van der Waals surface area contributed by atoms with Gasteiger partial charge < -0.3 is 10.2 Å². The zero-order valence-electron chi connectivity index (χ0n) is 10.6. The molecule has 1 saturated carbocycles. The molecule has 1 aliphatic carbocycles. The Morgan fingerprint density at radius 2 is 2.00 bits per heavy atom. The summed E-state index contributed by atoms with van der Waals surface area (Å²) in [5, 5.41) is 3.78. The van der Waals surface area contributed by atoms with Crippen LogP contribution in [0.4, 0.5) is 0 Å². The van der Waals surface area contributed by atoms with Crippen LogP contribution in [0.25, 0.3) is 0 Å². The van der Waals surface area contributed by atoms with Crippen molar-refractivity contribution in [3.63, 3.8) is 0 Å². The number of hydrogen-bond donors (Lipinski definition) is 1. The Kier molecular flexibility index (Phi) is 3.36. The van der Waals surface area contributed by atoms with Crippen LogP contribution in [0.5, 0.6) is 0 Å². The highest BCUT2D eigenvalue weighted by Crippen LogP contribution is 2.36. The average molecular weight is 210 g/mol. The van der Waals surface area contributed by atoms with Crippen molar-refractivity contribution in [1.29, 1.82) is 0 Å². The minimum Gasteiger partial charge on any atom is -0.312 e. The van der Waals surface area contributed by atoms with Gasteiger partial charge in [-0.2, -0.15) is 0 Å². The number of nitrogens with zero attached hydrogens (tertiary/aromatic N) is 1. The van der Waals surface area contributed by atoms with Crippen LogP contribution in [-0.2, 0) is 0 Å². The summed E-state index contributed by atoms with van der Waals surface area (Å²) in [5.41, 5.74) is 0.602. The van der Waals surface area contributed by atoms with Crippen molar-refractivity contribution >= 4 is 0 Å². The van der Waals surface area contributed by atoms with Crippen molar-refractivity contribution in [3.8, 4) is 0 Å². The Bertz CT molecular complexity index is 199. The fourth-order valence-corrected chi connectivity index (χ4v) is 3.14. The van der Waals surface area contributed by atoms with Gasteiger partial charge in [0.2, 0.25) is 0 Å². The molecule has 15 heavy (non-hydrogen) atoms. The molecular weight excluding hydrogens is 184 g/mol. The number of hydrogen-bond acceptors (Lipinski definition) is 2. The van der Waals surface area contributed by atoms with Crippen molar-refractivity contribution in [2.24, 2.45) is 5.41 Å². The summed E-state index contributed by atoms with van der Waals surface area (Å²) in [6.07, 6.45) is 7.07. The van der Waals surface area contributed by atoms with E-state index in [4.69, 9.17) is 0 Å². The van der Waals surface area contributed by atoms with Crippen LogP contribution >= 0.6 is 0 Å². The predicted octanol–water partition coefficient (Wildman–Crippen LogP) is 2.25. The van der Waals surface area contributed by atoms with Gasteiger partial charge in [0.25, 0.3) is 0 Å². The highest BCUT2D eigenvalue weighted by atomic mass is 15.2. The Hall–Kier alpha value is -0.0800. The third-order valence-corrected chi connectivity index (χ3v) is 4.51. The minimum atomic E-state index is 0.602. The van der Waals surface area contributed by atoms with Crippen LogP contribution in [0.1, 0.15) is 46.0 Å². The van der Waals surface area contributed by atoms with E-state index >= 15 is 0 Å². The zero-order chi connectivity index (χ0) is 10.9. The lowest BCUT2D eigenvalue weighted by atomic mass is 9.88. The van der Waals surface area contributed by atoms with Gasteiger partial charge in [0, 0.05) is 25.2 Å². The molecule has 88 valence electrons. The molecule has 1 aliphatic heterocycles. The lowest BCUT2D eigenvalue weighted by Gasteiger charge is -2.26. The summed E-state index contributed by atoms with van der Waals surface area (Å²) in [7, 11) is 2.24. The van der Waals surface area contributed by atoms with E-state index in [1.807, 2.05) is 0 Å². The summed E-state index contributed by atoms with van der Waals surface area (Å²) in [6, 6.07) is 1.50. The van der Waals surface area contributed by atoms with Gasteiger partial charge in [0.15, 0.2) is 0 Å². The smallest absolute Gasteiger partial charge is 0.0210 e. The van der Waals surface area contributed by atoms with E-state index in [0.29, 0.717) is 5.41 Å². The monoisotopic (exact) mass is 210 g/mol. The summed E-state index contributed by atoms with van der Waals surface area (Å²) < 4.78 is 0. The molecule has 2 rings (SSSR count). The molecule has 0 aromatic carbocycles. The molecule has 0 radical (unpaired) electrons. The number of likely N-dealkylation sites (N-methyl/N-ethyl adjacent to an activating group) is 1. The Morgan fingerprint density at radius 1 is 1.33 bits per heavy atom. The third kappa shape index (κ3) is 2.73. The van der Waals surface area contributed by atoms with Crippen LogP contribution < -0.4 is 5.32 Å². The van der Waals surface area contributed by atoms with Gasteiger partial charge in [0.1, 0.15) is 0 Å². The first-order valence-corrected chi connectivity index (χ1v) is 6.53. The van der Waals surface area contributed by atoms with Crippen LogP contribution in [0.3, 0.4) is 0 Å². The van der Waals surface area contributed by atoms with Crippen LogP contribution in [-0.4, -0.2) is 37.1 Å². The van der Waals surface area contributed by atoms with E-state index < -0.39 is 0 Å². The highest BCUT2D eigenvalue weighted by Gasteiger charge is 2.31. The average Bonchev–Trinajstić information content (AvgIpc) is 2.73. The van der Waals surface area contributed by atoms with E-state index in [0.717, 1.165) is 12.1 Å². The molecule has 0 amide bonds. The van der Waals surface area contributed by atoms with E-state index in [2.05, 4.69) is 31.1 Å². The predicted molar refractivity (Wildman–Crippen MR) is 65.1 cm³/mol. The Morgan fingerprint density at radius 3 is 2.53 bits per heavy atom. The largest absolute Gasteiger partial charge is 0.312 e. The second kappa shape index (κ2) is 4.42. The van der Waals surface area contributed by atoms with Crippen molar-refractivity contribution < 1.29 is 0 Å². The maximum absolute atomic E-state index is 3.78. The molecule has 0 aromatic rings. The molecular formula is C13H26N2. The third-order valence-electron chi connectivity index (χ3n) is 4.51. The summed E-state index contributed by atoms with van der Waals surface area (Å²) in [5.74, 6) is 0. The van der Waals surface area contributed by atoms with Crippen LogP contribution in [0.2, 0.25) is 0 Å². The van der Waals surface area contributed by atoms with Gasteiger partial charge in [0.05, 0.1) is 0 Å². The molecule has 2 unspecified atom stereocenters. The highest BCUT2D eigenvalue weighted by molar-refractivity contribution is 4.89. The lowest BCUT2D eigenvalue weighted by molar-refractivity contribution is 0.292. The Balaban J connectivity index is 1.74.